The summed E-state index contributed by atoms with van der Waals surface area (Å²) in [6.07, 6.45) is 4.95. The van der Waals surface area contributed by atoms with Crippen LogP contribution in [-0.2, 0) is 4.79 Å². The Kier molecular flexibility index (Phi) is 5.75. The molecule has 0 aliphatic carbocycles. The predicted molar refractivity (Wildman–Crippen MR) is 85.4 cm³/mol. The fourth-order valence-electron chi connectivity index (χ4n) is 2.46. The van der Waals surface area contributed by atoms with Crippen molar-refractivity contribution in [3.8, 4) is 0 Å². The van der Waals surface area contributed by atoms with Crippen LogP contribution in [0.4, 0.5) is 10.5 Å². The third-order valence-corrected chi connectivity index (χ3v) is 3.70. The molecule has 120 valence electrons. The summed E-state index contributed by atoms with van der Waals surface area (Å²) in [6.45, 7) is 5.97. The second-order valence-corrected chi connectivity index (χ2v) is 6.09. The summed E-state index contributed by atoms with van der Waals surface area (Å²) in [7, 11) is 0. The Morgan fingerprint density at radius 2 is 2.09 bits per heavy atom. The van der Waals surface area contributed by atoms with Crippen molar-refractivity contribution in [1.29, 1.82) is 0 Å². The van der Waals surface area contributed by atoms with Gasteiger partial charge in [0, 0.05) is 37.7 Å². The number of nitrogens with one attached hydrogen (secondary N) is 2. The zero-order valence-electron chi connectivity index (χ0n) is 13.2. The van der Waals surface area contributed by atoms with Gasteiger partial charge in [-0.25, -0.2) is 4.79 Å². The number of carbonyl (C=O) groups is 2. The van der Waals surface area contributed by atoms with Crippen LogP contribution in [0.1, 0.15) is 26.7 Å². The number of rotatable bonds is 4. The molecule has 1 aromatic heterocycles. The summed E-state index contributed by atoms with van der Waals surface area (Å²) in [6, 6.07) is 3.33. The topological polar surface area (TPSA) is 74.3 Å². The highest BCUT2D eigenvalue weighted by molar-refractivity contribution is 5.90. The van der Waals surface area contributed by atoms with E-state index in [0.29, 0.717) is 31.2 Å². The molecule has 1 aromatic rings. The fourth-order valence-corrected chi connectivity index (χ4v) is 2.46. The number of aromatic nitrogens is 1. The third kappa shape index (κ3) is 4.72. The third-order valence-electron chi connectivity index (χ3n) is 3.70. The molecule has 6 nitrogen and oxygen atoms in total. The number of anilines is 1. The molecule has 0 saturated carbocycles. The molecule has 0 radical (unpaired) electrons. The van der Waals surface area contributed by atoms with Gasteiger partial charge in [0.05, 0.1) is 5.92 Å². The van der Waals surface area contributed by atoms with Crippen LogP contribution < -0.4 is 10.6 Å². The van der Waals surface area contributed by atoms with Crippen LogP contribution in [0.5, 0.6) is 0 Å². The maximum Gasteiger partial charge on any atom is 0.321 e. The van der Waals surface area contributed by atoms with E-state index in [1.807, 2.05) is 0 Å². The smallest absolute Gasteiger partial charge is 0.321 e. The Morgan fingerprint density at radius 1 is 1.36 bits per heavy atom. The Bertz CT molecular complexity index is 504. The van der Waals surface area contributed by atoms with Gasteiger partial charge in [0.2, 0.25) is 5.91 Å². The molecule has 2 heterocycles. The molecule has 2 N–H and O–H groups in total. The second kappa shape index (κ2) is 7.77. The Labute approximate surface area is 131 Å². The summed E-state index contributed by atoms with van der Waals surface area (Å²) in [5, 5.41) is 5.79. The van der Waals surface area contributed by atoms with Crippen molar-refractivity contribution >= 4 is 17.6 Å². The summed E-state index contributed by atoms with van der Waals surface area (Å²) < 4.78 is 0. The van der Waals surface area contributed by atoms with Crippen molar-refractivity contribution < 1.29 is 9.59 Å². The Hall–Kier alpha value is -2.11. The van der Waals surface area contributed by atoms with Crippen LogP contribution in [0.3, 0.4) is 0 Å². The average Bonchev–Trinajstić information content (AvgIpc) is 2.53. The van der Waals surface area contributed by atoms with Gasteiger partial charge in [-0.05, 0) is 30.9 Å². The van der Waals surface area contributed by atoms with Crippen molar-refractivity contribution in [1.82, 2.24) is 15.2 Å². The minimum atomic E-state index is -0.160. The number of likely N-dealkylation sites (tertiary alicyclic amines) is 1. The molecule has 2 rings (SSSR count). The van der Waals surface area contributed by atoms with E-state index < -0.39 is 0 Å². The first-order valence-corrected chi connectivity index (χ1v) is 7.80. The number of piperidine rings is 1. The number of nitrogens with zero attached hydrogens (tertiary/aromatic N) is 2. The van der Waals surface area contributed by atoms with Crippen molar-refractivity contribution in [2.75, 3.05) is 25.0 Å². The van der Waals surface area contributed by atoms with Crippen molar-refractivity contribution in [2.45, 2.75) is 26.7 Å². The average molecular weight is 304 g/mol. The summed E-state index contributed by atoms with van der Waals surface area (Å²) in [4.78, 5) is 30.0. The standard InChI is InChI=1S/C16H24N4O2/c1-12(2)10-18-15(21)13-4-3-9-20(11-13)16(22)19-14-5-7-17-8-6-14/h5-8,12-13H,3-4,9-11H2,1-2H3,(H,18,21)(H,17,19,22)/t13-/m0/s1. The Balaban J connectivity index is 1.87. The van der Waals surface area contributed by atoms with Gasteiger partial charge in [-0.3, -0.25) is 9.78 Å². The van der Waals surface area contributed by atoms with Gasteiger partial charge >= 0.3 is 6.03 Å². The summed E-state index contributed by atoms with van der Waals surface area (Å²) in [5.74, 6) is 0.365. The summed E-state index contributed by atoms with van der Waals surface area (Å²) in [5.41, 5.74) is 0.714. The molecule has 1 fully saturated rings. The largest absolute Gasteiger partial charge is 0.356 e. The zero-order valence-corrected chi connectivity index (χ0v) is 13.2. The molecular weight excluding hydrogens is 280 g/mol. The van der Waals surface area contributed by atoms with Crippen LogP contribution in [0.15, 0.2) is 24.5 Å². The number of carbonyl (C=O) groups excluding carboxylic acids is 2. The zero-order chi connectivity index (χ0) is 15.9. The maximum absolute atomic E-state index is 12.3. The van der Waals surface area contributed by atoms with Crippen LogP contribution in [-0.4, -0.2) is 41.5 Å². The summed E-state index contributed by atoms with van der Waals surface area (Å²) >= 11 is 0. The van der Waals surface area contributed by atoms with Crippen molar-refractivity contribution in [3.05, 3.63) is 24.5 Å². The highest BCUT2D eigenvalue weighted by Gasteiger charge is 2.28. The molecule has 0 aromatic carbocycles. The lowest BCUT2D eigenvalue weighted by molar-refractivity contribution is -0.126. The SMILES string of the molecule is CC(C)CNC(=O)[C@H]1CCCN(C(=O)Nc2ccncc2)C1. The van der Waals surface area contributed by atoms with Crippen LogP contribution in [0, 0.1) is 11.8 Å². The molecule has 1 atom stereocenters. The lowest BCUT2D eigenvalue weighted by Gasteiger charge is -2.32. The monoisotopic (exact) mass is 304 g/mol. The molecule has 1 aliphatic heterocycles. The molecule has 1 saturated heterocycles. The number of hydrogen-bond donors (Lipinski definition) is 2. The van der Waals surface area contributed by atoms with Crippen molar-refractivity contribution in [3.63, 3.8) is 0 Å². The molecule has 0 unspecified atom stereocenters. The van der Waals surface area contributed by atoms with E-state index in [2.05, 4.69) is 29.5 Å². The Morgan fingerprint density at radius 3 is 2.77 bits per heavy atom. The second-order valence-electron chi connectivity index (χ2n) is 6.09. The number of hydrogen-bond acceptors (Lipinski definition) is 3. The van der Waals surface area contributed by atoms with Gasteiger partial charge in [0.1, 0.15) is 0 Å². The minimum Gasteiger partial charge on any atom is -0.356 e. The van der Waals surface area contributed by atoms with E-state index >= 15 is 0 Å². The van der Waals surface area contributed by atoms with E-state index in [4.69, 9.17) is 0 Å². The maximum atomic E-state index is 12.3. The normalized spacial score (nSPS) is 18.1. The molecule has 1 aliphatic rings. The van der Waals surface area contributed by atoms with Gasteiger partial charge in [-0.2, -0.15) is 0 Å². The quantitative estimate of drug-likeness (QED) is 0.894. The first kappa shape index (κ1) is 16.3. The van der Waals surface area contributed by atoms with E-state index in [1.165, 1.54) is 0 Å². The number of urea groups is 1. The first-order valence-electron chi connectivity index (χ1n) is 7.80. The van der Waals surface area contributed by atoms with Crippen molar-refractivity contribution in [2.24, 2.45) is 11.8 Å². The lowest BCUT2D eigenvalue weighted by Crippen LogP contribution is -2.47. The van der Waals surface area contributed by atoms with E-state index in [9.17, 15) is 9.59 Å². The van der Waals surface area contributed by atoms with Gasteiger partial charge in [0.15, 0.2) is 0 Å². The van der Waals surface area contributed by atoms with E-state index in [1.54, 1.807) is 29.4 Å². The predicted octanol–water partition coefficient (Wildman–Crippen LogP) is 2.10. The molecule has 0 bridgehead atoms. The van der Waals surface area contributed by atoms with Crippen LogP contribution in [0.25, 0.3) is 0 Å². The fraction of sp³-hybridized carbons (Fsp3) is 0.562. The van der Waals surface area contributed by atoms with Gasteiger partial charge < -0.3 is 15.5 Å². The number of amides is 3. The first-order chi connectivity index (χ1) is 10.6. The lowest BCUT2D eigenvalue weighted by atomic mass is 9.97. The van der Waals surface area contributed by atoms with Crippen LogP contribution >= 0.6 is 0 Å². The van der Waals surface area contributed by atoms with Crippen LogP contribution in [0.2, 0.25) is 0 Å². The molecule has 0 spiro atoms. The minimum absolute atomic E-state index is 0.0510. The molecule has 3 amide bonds. The molecule has 22 heavy (non-hydrogen) atoms. The molecule has 6 heteroatoms. The highest BCUT2D eigenvalue weighted by Crippen LogP contribution is 2.18. The van der Waals surface area contributed by atoms with E-state index in [0.717, 1.165) is 12.8 Å². The van der Waals surface area contributed by atoms with Gasteiger partial charge in [-0.15, -0.1) is 0 Å². The van der Waals surface area contributed by atoms with E-state index in [-0.39, 0.29) is 17.9 Å². The van der Waals surface area contributed by atoms with Gasteiger partial charge in [-0.1, -0.05) is 13.8 Å². The van der Waals surface area contributed by atoms with Gasteiger partial charge in [0.25, 0.3) is 0 Å². The number of pyridine rings is 1. The highest BCUT2D eigenvalue weighted by atomic mass is 16.2. The molecular formula is C16H24N4O2.